The van der Waals surface area contributed by atoms with Crippen LogP contribution < -0.4 is 5.73 Å². The molecule has 0 amide bonds. The molecule has 1 aromatic rings. The van der Waals surface area contributed by atoms with Crippen molar-refractivity contribution in [2.24, 2.45) is 10.7 Å². The number of rotatable bonds is 1. The average Bonchev–Trinajstić information content (AvgIpc) is 2.53. The van der Waals surface area contributed by atoms with Gasteiger partial charge in [-0.2, -0.15) is 0 Å². The Kier molecular flexibility index (Phi) is 3.02. The van der Waals surface area contributed by atoms with Gasteiger partial charge in [-0.15, -0.1) is 0 Å². The van der Waals surface area contributed by atoms with Crippen LogP contribution in [0.15, 0.2) is 32.1 Å². The Balaban J connectivity index is 2.28. The SMILES string of the molecule is CN1C(N)=NCC1c1ccc(Br)c(Br)c1. The quantitative estimate of drug-likeness (QED) is 0.858. The molecule has 1 aromatic carbocycles. The molecule has 1 atom stereocenters. The molecule has 0 saturated heterocycles. The van der Waals surface area contributed by atoms with E-state index in [-0.39, 0.29) is 6.04 Å². The van der Waals surface area contributed by atoms with Gasteiger partial charge in [-0.05, 0) is 49.6 Å². The van der Waals surface area contributed by atoms with Crippen LogP contribution >= 0.6 is 31.9 Å². The summed E-state index contributed by atoms with van der Waals surface area (Å²) in [6.45, 7) is 0.733. The van der Waals surface area contributed by atoms with E-state index in [1.54, 1.807) is 0 Å². The predicted molar refractivity (Wildman–Crippen MR) is 68.8 cm³/mol. The summed E-state index contributed by atoms with van der Waals surface area (Å²) in [6, 6.07) is 6.47. The third-order valence-corrected chi connectivity index (χ3v) is 4.46. The van der Waals surface area contributed by atoms with E-state index in [0.29, 0.717) is 5.96 Å². The summed E-state index contributed by atoms with van der Waals surface area (Å²) in [6.07, 6.45) is 0. The average molecular weight is 333 g/mol. The monoisotopic (exact) mass is 331 g/mol. The number of nitrogens with zero attached hydrogens (tertiary/aromatic N) is 2. The van der Waals surface area contributed by atoms with E-state index in [2.05, 4.69) is 49.0 Å². The van der Waals surface area contributed by atoms with Gasteiger partial charge in [0.15, 0.2) is 5.96 Å². The zero-order valence-electron chi connectivity index (χ0n) is 8.24. The van der Waals surface area contributed by atoms with Crippen molar-refractivity contribution in [2.45, 2.75) is 6.04 Å². The maximum atomic E-state index is 5.73. The molecule has 0 saturated carbocycles. The van der Waals surface area contributed by atoms with E-state index in [9.17, 15) is 0 Å². The first-order valence-corrected chi connectivity index (χ1v) is 6.16. The van der Waals surface area contributed by atoms with Crippen molar-refractivity contribution in [1.82, 2.24) is 4.90 Å². The fraction of sp³-hybridized carbons (Fsp3) is 0.300. The molecular formula is C10H11Br2N3. The number of guanidine groups is 1. The van der Waals surface area contributed by atoms with E-state index < -0.39 is 0 Å². The summed E-state index contributed by atoms with van der Waals surface area (Å²) < 4.78 is 2.11. The van der Waals surface area contributed by atoms with E-state index in [1.165, 1.54) is 5.56 Å². The van der Waals surface area contributed by atoms with Gasteiger partial charge in [0, 0.05) is 16.0 Å². The highest BCUT2D eigenvalue weighted by Gasteiger charge is 2.24. The second-order valence-corrected chi connectivity index (χ2v) is 5.21. The van der Waals surface area contributed by atoms with Crippen LogP contribution in [-0.2, 0) is 0 Å². The molecule has 0 fully saturated rings. The first-order valence-electron chi connectivity index (χ1n) is 4.57. The molecule has 0 spiro atoms. The molecule has 3 nitrogen and oxygen atoms in total. The lowest BCUT2D eigenvalue weighted by Gasteiger charge is -2.21. The molecule has 1 aliphatic heterocycles. The van der Waals surface area contributed by atoms with Gasteiger partial charge >= 0.3 is 0 Å². The van der Waals surface area contributed by atoms with Crippen LogP contribution in [0.25, 0.3) is 0 Å². The lowest BCUT2D eigenvalue weighted by Crippen LogP contribution is -2.32. The first kappa shape index (κ1) is 11.0. The first-order chi connectivity index (χ1) is 7.09. The van der Waals surface area contributed by atoms with Crippen LogP contribution in [0.1, 0.15) is 11.6 Å². The number of benzene rings is 1. The Morgan fingerprint density at radius 1 is 1.40 bits per heavy atom. The van der Waals surface area contributed by atoms with Gasteiger partial charge in [0.25, 0.3) is 0 Å². The van der Waals surface area contributed by atoms with Crippen molar-refractivity contribution in [3.05, 3.63) is 32.7 Å². The molecule has 0 aromatic heterocycles. The van der Waals surface area contributed by atoms with Crippen LogP contribution in [-0.4, -0.2) is 24.5 Å². The molecule has 0 bridgehead atoms. The molecule has 2 N–H and O–H groups in total. The van der Waals surface area contributed by atoms with Crippen LogP contribution in [0.2, 0.25) is 0 Å². The van der Waals surface area contributed by atoms with Crippen molar-refractivity contribution in [1.29, 1.82) is 0 Å². The maximum Gasteiger partial charge on any atom is 0.191 e. The summed E-state index contributed by atoms with van der Waals surface area (Å²) in [7, 11) is 1.96. The van der Waals surface area contributed by atoms with Gasteiger partial charge in [-0.25, -0.2) is 0 Å². The molecule has 1 unspecified atom stereocenters. The highest BCUT2D eigenvalue weighted by atomic mass is 79.9. The van der Waals surface area contributed by atoms with Crippen LogP contribution in [0, 0.1) is 0 Å². The highest BCUT2D eigenvalue weighted by Crippen LogP contribution is 2.30. The molecule has 1 aliphatic rings. The lowest BCUT2D eigenvalue weighted by atomic mass is 10.1. The largest absolute Gasteiger partial charge is 0.370 e. The fourth-order valence-corrected chi connectivity index (χ4v) is 2.27. The Hall–Kier alpha value is -0.550. The number of aliphatic imine (C=N–C) groups is 1. The van der Waals surface area contributed by atoms with Gasteiger partial charge in [-0.1, -0.05) is 6.07 Å². The third-order valence-electron chi connectivity index (χ3n) is 2.58. The molecule has 15 heavy (non-hydrogen) atoms. The van der Waals surface area contributed by atoms with Gasteiger partial charge in [-0.3, -0.25) is 4.99 Å². The molecule has 80 valence electrons. The fourth-order valence-electron chi connectivity index (χ4n) is 1.62. The predicted octanol–water partition coefficient (Wildman–Crippen LogP) is 2.51. The Bertz CT molecular complexity index is 417. The van der Waals surface area contributed by atoms with Crippen LogP contribution in [0.3, 0.4) is 0 Å². The van der Waals surface area contributed by atoms with Crippen molar-refractivity contribution in [3.63, 3.8) is 0 Å². The summed E-state index contributed by atoms with van der Waals surface area (Å²) in [5, 5.41) is 0. The van der Waals surface area contributed by atoms with Crippen LogP contribution in [0.4, 0.5) is 0 Å². The number of likely N-dealkylation sites (N-methyl/N-ethyl adjacent to an activating group) is 1. The molecular weight excluding hydrogens is 322 g/mol. The van der Waals surface area contributed by atoms with Crippen LogP contribution in [0.5, 0.6) is 0 Å². The number of nitrogens with two attached hydrogens (primary N) is 1. The second-order valence-electron chi connectivity index (χ2n) is 3.50. The minimum Gasteiger partial charge on any atom is -0.370 e. The molecule has 5 heteroatoms. The molecule has 2 rings (SSSR count). The van der Waals surface area contributed by atoms with E-state index in [4.69, 9.17) is 5.73 Å². The Morgan fingerprint density at radius 2 is 2.13 bits per heavy atom. The topological polar surface area (TPSA) is 41.6 Å². The standard InChI is InChI=1S/C10H11Br2N3/c1-15-9(5-14-10(15)13)6-2-3-7(11)8(12)4-6/h2-4,9H,5H2,1H3,(H2,13,14). The summed E-state index contributed by atoms with van der Waals surface area (Å²) in [5.74, 6) is 0.610. The molecule has 0 aliphatic carbocycles. The zero-order chi connectivity index (χ0) is 11.0. The van der Waals surface area contributed by atoms with Crippen molar-refractivity contribution < 1.29 is 0 Å². The number of hydrogen-bond acceptors (Lipinski definition) is 3. The van der Waals surface area contributed by atoms with Crippen molar-refractivity contribution >= 4 is 37.8 Å². The second kappa shape index (κ2) is 4.14. The number of halogens is 2. The number of hydrogen-bond donors (Lipinski definition) is 1. The zero-order valence-corrected chi connectivity index (χ0v) is 11.4. The molecule has 0 radical (unpaired) electrons. The highest BCUT2D eigenvalue weighted by molar-refractivity contribution is 9.13. The minimum absolute atomic E-state index is 0.259. The van der Waals surface area contributed by atoms with Gasteiger partial charge in [0.2, 0.25) is 0 Å². The van der Waals surface area contributed by atoms with Gasteiger partial charge in [0.05, 0.1) is 12.6 Å². The Labute approximate surface area is 106 Å². The summed E-state index contributed by atoms with van der Waals surface area (Å²) >= 11 is 6.95. The third kappa shape index (κ3) is 2.03. The smallest absolute Gasteiger partial charge is 0.191 e. The molecule has 1 heterocycles. The Morgan fingerprint density at radius 3 is 2.67 bits per heavy atom. The van der Waals surface area contributed by atoms with Gasteiger partial charge in [0.1, 0.15) is 0 Å². The van der Waals surface area contributed by atoms with E-state index in [1.807, 2.05) is 18.0 Å². The lowest BCUT2D eigenvalue weighted by molar-refractivity contribution is 0.414. The normalized spacial score (nSPS) is 20.6. The summed E-state index contributed by atoms with van der Waals surface area (Å²) in [4.78, 5) is 6.22. The maximum absolute atomic E-state index is 5.73. The van der Waals surface area contributed by atoms with Gasteiger partial charge < -0.3 is 10.6 Å². The summed E-state index contributed by atoms with van der Waals surface area (Å²) in [5.41, 5.74) is 6.95. The van der Waals surface area contributed by atoms with Crippen molar-refractivity contribution in [2.75, 3.05) is 13.6 Å². The van der Waals surface area contributed by atoms with Crippen molar-refractivity contribution in [3.8, 4) is 0 Å². The van der Waals surface area contributed by atoms with E-state index >= 15 is 0 Å². The minimum atomic E-state index is 0.259. The van der Waals surface area contributed by atoms with E-state index in [0.717, 1.165) is 15.5 Å².